The molecule has 3 aromatic heterocycles. The first kappa shape index (κ1) is 19.8. The van der Waals surface area contributed by atoms with Crippen LogP contribution in [0.5, 0.6) is 11.5 Å². The highest BCUT2D eigenvalue weighted by Gasteiger charge is 2.42. The summed E-state index contributed by atoms with van der Waals surface area (Å²) in [5.41, 5.74) is 4.13. The summed E-state index contributed by atoms with van der Waals surface area (Å²) in [5, 5.41) is 4.16. The molecule has 2 aliphatic rings. The predicted molar refractivity (Wildman–Crippen MR) is 128 cm³/mol. The number of nitrogens with zero attached hydrogens (tertiary/aromatic N) is 4. The first-order chi connectivity index (χ1) is 16.3. The van der Waals surface area contributed by atoms with Gasteiger partial charge in [-0.1, -0.05) is 12.1 Å². The topological polar surface area (TPSA) is 64.4 Å². The molecule has 1 N–H and O–H groups in total. The van der Waals surface area contributed by atoms with Crippen LogP contribution in [-0.4, -0.2) is 26.4 Å². The molecule has 164 valence electrons. The van der Waals surface area contributed by atoms with Crippen LogP contribution in [0.1, 0.15) is 29.0 Å². The Labute approximate surface area is 196 Å². The Kier molecular flexibility index (Phi) is 4.92. The van der Waals surface area contributed by atoms with Crippen LogP contribution in [0.4, 0.5) is 5.69 Å². The van der Waals surface area contributed by atoms with Gasteiger partial charge in [0, 0.05) is 48.8 Å². The normalized spacial score (nSPS) is 19.0. The minimum atomic E-state index is -0.119. The van der Waals surface area contributed by atoms with Crippen LogP contribution in [0.15, 0.2) is 85.5 Å². The number of pyridine rings is 2. The number of hydrogen-bond donors (Lipinski definition) is 1. The lowest BCUT2D eigenvalue weighted by molar-refractivity contribution is 0.174. The molecule has 0 unspecified atom stereocenters. The van der Waals surface area contributed by atoms with Crippen molar-refractivity contribution in [1.29, 1.82) is 0 Å². The highest BCUT2D eigenvalue weighted by Crippen LogP contribution is 2.44. The van der Waals surface area contributed by atoms with Gasteiger partial charge < -0.3 is 24.3 Å². The summed E-state index contributed by atoms with van der Waals surface area (Å²) in [4.78, 5) is 11.1. The zero-order chi connectivity index (χ0) is 22.2. The monoisotopic (exact) mass is 455 g/mol. The van der Waals surface area contributed by atoms with Crippen LogP contribution in [0.2, 0.25) is 0 Å². The van der Waals surface area contributed by atoms with Crippen LogP contribution in [-0.2, 0) is 6.54 Å². The predicted octanol–water partition coefficient (Wildman–Crippen LogP) is 4.23. The molecular weight excluding hydrogens is 434 g/mol. The van der Waals surface area contributed by atoms with E-state index in [1.54, 1.807) is 6.20 Å². The zero-order valence-electron chi connectivity index (χ0n) is 17.7. The molecule has 2 atom stereocenters. The van der Waals surface area contributed by atoms with Crippen LogP contribution in [0, 0.1) is 0 Å². The molecule has 0 bridgehead atoms. The third kappa shape index (κ3) is 3.58. The lowest BCUT2D eigenvalue weighted by atomic mass is 10.0. The Bertz CT molecular complexity index is 1290. The standard InChI is InChI=1S/C25H21N5O2S/c33-25-28-23(19-6-1-2-11-27-19)24(30(25)18-8-9-21-22(13-18)32-16-31-21)20-7-4-12-29(20)15-17-5-3-10-26-14-17/h1-14,23-24H,15-16H2,(H,28,33)/t23-,24+/m0/s1. The van der Waals surface area contributed by atoms with Crippen molar-refractivity contribution in [2.24, 2.45) is 0 Å². The zero-order valence-corrected chi connectivity index (χ0v) is 18.5. The van der Waals surface area contributed by atoms with E-state index in [1.165, 1.54) is 0 Å². The minimum absolute atomic E-state index is 0.112. The number of hydrogen-bond acceptors (Lipinski definition) is 5. The molecule has 0 radical (unpaired) electrons. The van der Waals surface area contributed by atoms with Gasteiger partial charge in [0.25, 0.3) is 0 Å². The SMILES string of the molecule is S=C1N[C@@H](c2ccccn2)[C@@H](c2cccn2Cc2cccnc2)N1c1ccc2c(c1)OCO2. The van der Waals surface area contributed by atoms with E-state index in [4.69, 9.17) is 21.7 Å². The van der Waals surface area contributed by atoms with Crippen molar-refractivity contribution in [2.75, 3.05) is 11.7 Å². The van der Waals surface area contributed by atoms with E-state index in [0.717, 1.165) is 34.1 Å². The number of rotatable bonds is 5. The third-order valence-corrected chi connectivity index (χ3v) is 6.29. The molecule has 0 spiro atoms. The Balaban J connectivity index is 1.45. The second kappa shape index (κ2) is 8.22. The summed E-state index contributed by atoms with van der Waals surface area (Å²) in [6.45, 7) is 0.943. The van der Waals surface area contributed by atoms with E-state index in [9.17, 15) is 0 Å². The third-order valence-electron chi connectivity index (χ3n) is 5.98. The van der Waals surface area contributed by atoms with Crippen molar-refractivity contribution < 1.29 is 9.47 Å². The van der Waals surface area contributed by atoms with Crippen LogP contribution in [0.3, 0.4) is 0 Å². The number of nitrogens with one attached hydrogen (secondary N) is 1. The molecule has 8 heteroatoms. The molecule has 4 aromatic rings. The van der Waals surface area contributed by atoms with Gasteiger partial charge in [-0.2, -0.15) is 0 Å². The van der Waals surface area contributed by atoms with Gasteiger partial charge in [0.05, 0.1) is 11.7 Å². The number of thiocarbonyl (C=S) groups is 1. The second-order valence-corrected chi connectivity index (χ2v) is 8.34. The Morgan fingerprint density at radius 1 is 1.00 bits per heavy atom. The van der Waals surface area contributed by atoms with Crippen LogP contribution < -0.4 is 19.7 Å². The fourth-order valence-electron chi connectivity index (χ4n) is 4.50. The molecule has 6 rings (SSSR count). The average molecular weight is 456 g/mol. The Hall–Kier alpha value is -3.91. The van der Waals surface area contributed by atoms with Gasteiger partial charge >= 0.3 is 0 Å². The van der Waals surface area contributed by atoms with Crippen molar-refractivity contribution in [3.63, 3.8) is 0 Å². The smallest absolute Gasteiger partial charge is 0.231 e. The fraction of sp³-hybridized carbons (Fsp3) is 0.160. The lowest BCUT2D eigenvalue weighted by Crippen LogP contribution is -2.30. The first-order valence-corrected chi connectivity index (χ1v) is 11.1. The second-order valence-electron chi connectivity index (χ2n) is 7.96. The Morgan fingerprint density at radius 2 is 1.94 bits per heavy atom. The molecule has 2 aliphatic heterocycles. The van der Waals surface area contributed by atoms with Gasteiger partial charge in [0.2, 0.25) is 6.79 Å². The maximum atomic E-state index is 5.85. The summed E-state index contributed by atoms with van der Waals surface area (Å²) in [7, 11) is 0. The number of benzene rings is 1. The molecule has 7 nitrogen and oxygen atoms in total. The molecule has 1 aromatic carbocycles. The molecule has 0 saturated carbocycles. The minimum Gasteiger partial charge on any atom is -0.454 e. The molecular formula is C25H21N5O2S. The van der Waals surface area contributed by atoms with Gasteiger partial charge in [-0.25, -0.2) is 0 Å². The maximum Gasteiger partial charge on any atom is 0.231 e. The largest absolute Gasteiger partial charge is 0.454 e. The van der Waals surface area contributed by atoms with Gasteiger partial charge in [-0.05, 0) is 60.2 Å². The molecule has 1 saturated heterocycles. The lowest BCUT2D eigenvalue weighted by Gasteiger charge is -2.29. The van der Waals surface area contributed by atoms with Crippen molar-refractivity contribution in [3.05, 3.63) is 102 Å². The van der Waals surface area contributed by atoms with E-state index in [1.807, 2.05) is 54.9 Å². The summed E-state index contributed by atoms with van der Waals surface area (Å²) < 4.78 is 13.4. The van der Waals surface area contributed by atoms with E-state index in [0.29, 0.717) is 11.7 Å². The number of anilines is 1. The van der Waals surface area contributed by atoms with Gasteiger partial charge in [0.15, 0.2) is 16.6 Å². The van der Waals surface area contributed by atoms with Gasteiger partial charge in [-0.3, -0.25) is 9.97 Å². The first-order valence-electron chi connectivity index (χ1n) is 10.7. The average Bonchev–Trinajstić information content (AvgIpc) is 3.58. The summed E-state index contributed by atoms with van der Waals surface area (Å²) in [6.07, 6.45) is 7.59. The Morgan fingerprint density at radius 3 is 2.79 bits per heavy atom. The highest BCUT2D eigenvalue weighted by atomic mass is 32.1. The summed E-state index contributed by atoms with van der Waals surface area (Å²) in [6, 6.07) is 19.9. The van der Waals surface area contributed by atoms with Gasteiger partial charge in [-0.15, -0.1) is 0 Å². The van der Waals surface area contributed by atoms with Crippen molar-refractivity contribution >= 4 is 23.0 Å². The van der Waals surface area contributed by atoms with Crippen LogP contribution in [0.25, 0.3) is 0 Å². The number of ether oxygens (including phenoxy) is 2. The van der Waals surface area contributed by atoms with E-state index < -0.39 is 0 Å². The van der Waals surface area contributed by atoms with E-state index in [-0.39, 0.29) is 18.9 Å². The maximum absolute atomic E-state index is 5.85. The molecule has 0 amide bonds. The summed E-state index contributed by atoms with van der Waals surface area (Å²) >= 11 is 5.85. The number of fused-ring (bicyclic) bond motifs is 1. The highest BCUT2D eigenvalue weighted by molar-refractivity contribution is 7.80. The van der Waals surface area contributed by atoms with Crippen molar-refractivity contribution in [1.82, 2.24) is 19.9 Å². The van der Waals surface area contributed by atoms with Crippen LogP contribution >= 0.6 is 12.2 Å². The van der Waals surface area contributed by atoms with E-state index >= 15 is 0 Å². The molecule has 0 aliphatic carbocycles. The van der Waals surface area contributed by atoms with Crippen molar-refractivity contribution in [3.8, 4) is 11.5 Å². The molecule has 1 fully saturated rings. The van der Waals surface area contributed by atoms with E-state index in [2.05, 4.69) is 49.1 Å². The van der Waals surface area contributed by atoms with Crippen molar-refractivity contribution in [2.45, 2.75) is 18.6 Å². The quantitative estimate of drug-likeness (QED) is 0.452. The summed E-state index contributed by atoms with van der Waals surface area (Å²) in [5.74, 6) is 1.47. The molecule has 33 heavy (non-hydrogen) atoms. The fourth-order valence-corrected chi connectivity index (χ4v) is 4.84. The number of aromatic nitrogens is 3. The van der Waals surface area contributed by atoms with Gasteiger partial charge in [0.1, 0.15) is 6.04 Å². The molecule has 5 heterocycles.